The summed E-state index contributed by atoms with van der Waals surface area (Å²) in [6, 6.07) is 14.1. The van der Waals surface area contributed by atoms with E-state index in [4.69, 9.17) is 4.74 Å². The summed E-state index contributed by atoms with van der Waals surface area (Å²) in [7, 11) is 1.62. The van der Waals surface area contributed by atoms with Crippen LogP contribution in [0.1, 0.15) is 27.0 Å². The molecule has 1 aliphatic rings. The van der Waals surface area contributed by atoms with Crippen molar-refractivity contribution in [3.63, 3.8) is 0 Å². The molecule has 0 spiro atoms. The van der Waals surface area contributed by atoms with Gasteiger partial charge in [0.1, 0.15) is 5.75 Å². The first-order valence-corrected chi connectivity index (χ1v) is 6.94. The second-order valence-electron chi connectivity index (χ2n) is 5.44. The monoisotopic (exact) mass is 266 g/mol. The zero-order chi connectivity index (χ0) is 14.1. The van der Waals surface area contributed by atoms with Gasteiger partial charge in [0.2, 0.25) is 0 Å². The number of aryl methyl sites for hydroxylation is 1. The summed E-state index contributed by atoms with van der Waals surface area (Å²) in [5, 5.41) is 0. The fraction of sp³-hybridized carbons (Fsp3) is 0.278. The first kappa shape index (κ1) is 12.9. The largest absolute Gasteiger partial charge is 0.496 e. The van der Waals surface area contributed by atoms with Crippen molar-refractivity contribution in [1.29, 1.82) is 0 Å². The molecule has 0 bridgehead atoms. The Kier molecular flexibility index (Phi) is 3.31. The Hall–Kier alpha value is -2.09. The number of rotatable bonds is 3. The molecular formula is C18H18O2. The maximum atomic E-state index is 12.8. The number of hydrogen-bond donors (Lipinski definition) is 0. The lowest BCUT2D eigenvalue weighted by Crippen LogP contribution is -2.16. The Morgan fingerprint density at radius 1 is 1.10 bits per heavy atom. The molecule has 0 fully saturated rings. The maximum Gasteiger partial charge on any atom is 0.170 e. The summed E-state index contributed by atoms with van der Waals surface area (Å²) < 4.78 is 5.34. The predicted octanol–water partition coefficient (Wildman–Crippen LogP) is 3.60. The second-order valence-corrected chi connectivity index (χ2v) is 5.44. The number of hydrogen-bond acceptors (Lipinski definition) is 2. The molecule has 1 aliphatic carbocycles. The number of ketones is 1. The fourth-order valence-electron chi connectivity index (χ4n) is 2.98. The molecule has 2 aromatic carbocycles. The molecule has 0 N–H and O–H groups in total. The number of carbonyl (C=O) groups is 1. The smallest absolute Gasteiger partial charge is 0.170 e. The number of benzene rings is 2. The van der Waals surface area contributed by atoms with Crippen LogP contribution in [-0.2, 0) is 12.8 Å². The summed E-state index contributed by atoms with van der Waals surface area (Å²) in [6.45, 7) is 2.00. The number of fused-ring (bicyclic) bond motifs is 1. The molecule has 0 aromatic heterocycles. The van der Waals surface area contributed by atoms with Crippen LogP contribution >= 0.6 is 0 Å². The lowest BCUT2D eigenvalue weighted by atomic mass is 9.93. The minimum absolute atomic E-state index is 0.0445. The highest BCUT2D eigenvalue weighted by atomic mass is 16.5. The predicted molar refractivity (Wildman–Crippen MR) is 79.4 cm³/mol. The quantitative estimate of drug-likeness (QED) is 0.793. The van der Waals surface area contributed by atoms with Crippen molar-refractivity contribution in [1.82, 2.24) is 0 Å². The SMILES string of the molecule is COc1ccc(C)cc1C(=O)C1Cc2ccccc2C1. The van der Waals surface area contributed by atoms with Crippen molar-refractivity contribution in [3.8, 4) is 5.75 Å². The molecule has 0 aliphatic heterocycles. The van der Waals surface area contributed by atoms with Crippen LogP contribution in [0.3, 0.4) is 0 Å². The fourth-order valence-corrected chi connectivity index (χ4v) is 2.98. The van der Waals surface area contributed by atoms with Crippen molar-refractivity contribution in [2.24, 2.45) is 5.92 Å². The summed E-state index contributed by atoms with van der Waals surface area (Å²) in [4.78, 5) is 12.8. The molecule has 2 aromatic rings. The number of methoxy groups -OCH3 is 1. The lowest BCUT2D eigenvalue weighted by Gasteiger charge is -2.12. The van der Waals surface area contributed by atoms with E-state index in [1.54, 1.807) is 7.11 Å². The van der Waals surface area contributed by atoms with Gasteiger partial charge >= 0.3 is 0 Å². The summed E-state index contributed by atoms with van der Waals surface area (Å²) >= 11 is 0. The zero-order valence-corrected chi connectivity index (χ0v) is 11.8. The Morgan fingerprint density at radius 2 is 1.75 bits per heavy atom. The van der Waals surface area contributed by atoms with E-state index in [2.05, 4.69) is 12.1 Å². The topological polar surface area (TPSA) is 26.3 Å². The van der Waals surface area contributed by atoms with Gasteiger partial charge in [-0.3, -0.25) is 4.79 Å². The highest BCUT2D eigenvalue weighted by Gasteiger charge is 2.29. The second kappa shape index (κ2) is 5.12. The molecule has 20 heavy (non-hydrogen) atoms. The van der Waals surface area contributed by atoms with Crippen molar-refractivity contribution in [3.05, 3.63) is 64.7 Å². The normalized spacial score (nSPS) is 14.1. The Balaban J connectivity index is 1.90. The molecule has 2 heteroatoms. The Morgan fingerprint density at radius 3 is 2.35 bits per heavy atom. The van der Waals surface area contributed by atoms with Crippen LogP contribution in [0.25, 0.3) is 0 Å². The lowest BCUT2D eigenvalue weighted by molar-refractivity contribution is 0.0921. The van der Waals surface area contributed by atoms with Crippen molar-refractivity contribution >= 4 is 5.78 Å². The standard InChI is InChI=1S/C18H18O2/c1-12-7-8-17(20-2)16(9-12)18(19)15-10-13-5-3-4-6-14(13)11-15/h3-9,15H,10-11H2,1-2H3. The average Bonchev–Trinajstić information content (AvgIpc) is 2.90. The van der Waals surface area contributed by atoms with E-state index in [1.165, 1.54) is 11.1 Å². The minimum Gasteiger partial charge on any atom is -0.496 e. The van der Waals surface area contributed by atoms with Crippen LogP contribution in [0.15, 0.2) is 42.5 Å². The number of Topliss-reactive ketones (excluding diaryl/α,β-unsaturated/α-hetero) is 1. The molecule has 0 radical (unpaired) electrons. The highest BCUT2D eigenvalue weighted by molar-refractivity contribution is 6.01. The van der Waals surface area contributed by atoms with Gasteiger partial charge in [-0.2, -0.15) is 0 Å². The van der Waals surface area contributed by atoms with Crippen LogP contribution in [0.5, 0.6) is 5.75 Å². The summed E-state index contributed by atoms with van der Waals surface area (Å²) in [6.07, 6.45) is 1.68. The third-order valence-corrected chi connectivity index (χ3v) is 4.04. The van der Waals surface area contributed by atoms with Gasteiger partial charge in [-0.1, -0.05) is 35.9 Å². The molecule has 0 atom stereocenters. The van der Waals surface area contributed by atoms with Gasteiger partial charge in [0.15, 0.2) is 5.78 Å². The van der Waals surface area contributed by atoms with E-state index in [1.807, 2.05) is 37.3 Å². The summed E-state index contributed by atoms with van der Waals surface area (Å²) in [5.41, 5.74) is 4.41. The van der Waals surface area contributed by atoms with E-state index in [0.717, 1.165) is 18.4 Å². The van der Waals surface area contributed by atoms with Crippen LogP contribution in [0, 0.1) is 12.8 Å². The third kappa shape index (κ3) is 2.22. The molecular weight excluding hydrogens is 248 g/mol. The third-order valence-electron chi connectivity index (χ3n) is 4.04. The molecule has 0 saturated carbocycles. The van der Waals surface area contributed by atoms with Crippen LogP contribution < -0.4 is 4.74 Å². The molecule has 0 unspecified atom stereocenters. The first-order chi connectivity index (χ1) is 9.69. The van der Waals surface area contributed by atoms with Crippen LogP contribution in [0.4, 0.5) is 0 Å². The van der Waals surface area contributed by atoms with Gasteiger partial charge in [0, 0.05) is 5.92 Å². The van der Waals surface area contributed by atoms with E-state index in [-0.39, 0.29) is 11.7 Å². The van der Waals surface area contributed by atoms with E-state index < -0.39 is 0 Å². The molecule has 102 valence electrons. The van der Waals surface area contributed by atoms with E-state index in [0.29, 0.717) is 11.3 Å². The highest BCUT2D eigenvalue weighted by Crippen LogP contribution is 2.31. The van der Waals surface area contributed by atoms with Gasteiger partial charge in [-0.05, 0) is 43.0 Å². The Bertz CT molecular complexity index is 633. The van der Waals surface area contributed by atoms with E-state index >= 15 is 0 Å². The molecule has 3 rings (SSSR count). The van der Waals surface area contributed by atoms with Crippen molar-refractivity contribution in [2.45, 2.75) is 19.8 Å². The molecule has 0 heterocycles. The van der Waals surface area contributed by atoms with Gasteiger partial charge < -0.3 is 4.74 Å². The molecule has 0 saturated heterocycles. The Labute approximate surface area is 119 Å². The van der Waals surface area contributed by atoms with Crippen LogP contribution in [-0.4, -0.2) is 12.9 Å². The van der Waals surface area contributed by atoms with Gasteiger partial charge in [-0.15, -0.1) is 0 Å². The number of ether oxygens (including phenoxy) is 1. The van der Waals surface area contributed by atoms with Gasteiger partial charge in [0.25, 0.3) is 0 Å². The van der Waals surface area contributed by atoms with Gasteiger partial charge in [-0.25, -0.2) is 0 Å². The van der Waals surface area contributed by atoms with E-state index in [9.17, 15) is 4.79 Å². The van der Waals surface area contributed by atoms with Crippen molar-refractivity contribution < 1.29 is 9.53 Å². The first-order valence-electron chi connectivity index (χ1n) is 6.94. The molecule has 0 amide bonds. The maximum absolute atomic E-state index is 12.8. The summed E-state index contributed by atoms with van der Waals surface area (Å²) in [5.74, 6) is 0.918. The van der Waals surface area contributed by atoms with Gasteiger partial charge in [0.05, 0.1) is 12.7 Å². The zero-order valence-electron chi connectivity index (χ0n) is 11.8. The van der Waals surface area contributed by atoms with Crippen molar-refractivity contribution in [2.75, 3.05) is 7.11 Å². The van der Waals surface area contributed by atoms with Crippen LogP contribution in [0.2, 0.25) is 0 Å². The minimum atomic E-state index is 0.0445. The number of carbonyl (C=O) groups excluding carboxylic acids is 1. The molecule has 2 nitrogen and oxygen atoms in total. The average molecular weight is 266 g/mol.